The molecule has 2 heterocycles. The van der Waals surface area contributed by atoms with Crippen LogP contribution in [0.15, 0.2) is 0 Å². The van der Waals surface area contributed by atoms with Crippen LogP contribution in [0.5, 0.6) is 0 Å². The largest absolute Gasteiger partial charge is 0.354 e. The Bertz CT molecular complexity index is 391. The molecule has 1 aromatic heterocycles. The van der Waals surface area contributed by atoms with E-state index in [2.05, 4.69) is 34.2 Å². The monoisotopic (exact) mass is 235 g/mol. The normalized spacial score (nSPS) is 15.7. The van der Waals surface area contributed by atoms with Crippen LogP contribution in [0.2, 0.25) is 0 Å². The van der Waals surface area contributed by atoms with E-state index in [9.17, 15) is 0 Å². The quantitative estimate of drug-likeness (QED) is 0.745. The van der Waals surface area contributed by atoms with Crippen LogP contribution in [0.4, 0.5) is 5.95 Å². The predicted octanol–water partition coefficient (Wildman–Crippen LogP) is 0.534. The number of nitrogens with one attached hydrogen (secondary N) is 1. The molecule has 0 aliphatic carbocycles. The van der Waals surface area contributed by atoms with Crippen molar-refractivity contribution in [2.75, 3.05) is 32.0 Å². The van der Waals surface area contributed by atoms with Crippen molar-refractivity contribution in [2.45, 2.75) is 26.3 Å². The fraction of sp³-hybridized carbons (Fsp3) is 0.667. The van der Waals surface area contributed by atoms with E-state index in [1.54, 1.807) is 0 Å². The van der Waals surface area contributed by atoms with E-state index in [0.29, 0.717) is 6.54 Å². The van der Waals surface area contributed by atoms with Gasteiger partial charge in [-0.15, -0.1) is 0 Å². The standard InChI is InChI=1S/C12H21N5/c1-9-10-8-17(2)7-4-11(10)16-12(15-9)14-6-3-5-13/h3-8,13H2,1-2H3,(H,14,15,16). The van der Waals surface area contributed by atoms with Gasteiger partial charge in [-0.1, -0.05) is 0 Å². The van der Waals surface area contributed by atoms with Gasteiger partial charge in [0.05, 0.1) is 5.69 Å². The number of likely N-dealkylation sites (N-methyl/N-ethyl adjacent to an activating group) is 1. The molecule has 5 nitrogen and oxygen atoms in total. The number of fused-ring (bicyclic) bond motifs is 1. The number of anilines is 1. The lowest BCUT2D eigenvalue weighted by Gasteiger charge is -2.25. The van der Waals surface area contributed by atoms with E-state index in [4.69, 9.17) is 5.73 Å². The molecular formula is C12H21N5. The summed E-state index contributed by atoms with van der Waals surface area (Å²) in [5.41, 5.74) is 9.05. The highest BCUT2D eigenvalue weighted by Crippen LogP contribution is 2.20. The van der Waals surface area contributed by atoms with Crippen molar-refractivity contribution in [1.29, 1.82) is 0 Å². The minimum absolute atomic E-state index is 0.696. The molecule has 0 radical (unpaired) electrons. The maximum absolute atomic E-state index is 5.46. The van der Waals surface area contributed by atoms with Crippen molar-refractivity contribution >= 4 is 5.95 Å². The van der Waals surface area contributed by atoms with Crippen LogP contribution in [0.3, 0.4) is 0 Å². The molecule has 0 spiro atoms. The number of rotatable bonds is 4. The Balaban J connectivity index is 2.13. The van der Waals surface area contributed by atoms with Crippen molar-refractivity contribution in [1.82, 2.24) is 14.9 Å². The van der Waals surface area contributed by atoms with Gasteiger partial charge in [0, 0.05) is 37.3 Å². The lowest BCUT2D eigenvalue weighted by atomic mass is 10.1. The van der Waals surface area contributed by atoms with Crippen molar-refractivity contribution in [2.24, 2.45) is 5.73 Å². The van der Waals surface area contributed by atoms with Crippen molar-refractivity contribution < 1.29 is 0 Å². The van der Waals surface area contributed by atoms with Crippen LogP contribution in [-0.2, 0) is 13.0 Å². The molecule has 3 N–H and O–H groups in total. The van der Waals surface area contributed by atoms with Crippen LogP contribution < -0.4 is 11.1 Å². The van der Waals surface area contributed by atoms with Gasteiger partial charge in [-0.05, 0) is 26.9 Å². The number of nitrogens with zero attached hydrogens (tertiary/aromatic N) is 3. The van der Waals surface area contributed by atoms with Gasteiger partial charge in [-0.25, -0.2) is 9.97 Å². The molecule has 0 saturated heterocycles. The van der Waals surface area contributed by atoms with E-state index < -0.39 is 0 Å². The fourth-order valence-electron chi connectivity index (χ4n) is 2.09. The molecule has 17 heavy (non-hydrogen) atoms. The second-order valence-electron chi connectivity index (χ2n) is 4.61. The van der Waals surface area contributed by atoms with E-state index in [0.717, 1.165) is 44.1 Å². The van der Waals surface area contributed by atoms with Crippen molar-refractivity contribution in [3.05, 3.63) is 17.0 Å². The minimum Gasteiger partial charge on any atom is -0.354 e. The maximum Gasteiger partial charge on any atom is 0.223 e. The lowest BCUT2D eigenvalue weighted by molar-refractivity contribution is 0.308. The summed E-state index contributed by atoms with van der Waals surface area (Å²) in [5, 5.41) is 3.23. The van der Waals surface area contributed by atoms with Gasteiger partial charge in [-0.3, -0.25) is 0 Å². The van der Waals surface area contributed by atoms with Gasteiger partial charge in [-0.2, -0.15) is 0 Å². The van der Waals surface area contributed by atoms with E-state index in [1.165, 1.54) is 11.3 Å². The average Bonchev–Trinajstić information content (AvgIpc) is 2.31. The Kier molecular flexibility index (Phi) is 3.91. The van der Waals surface area contributed by atoms with Gasteiger partial charge in [0.1, 0.15) is 0 Å². The number of hydrogen-bond donors (Lipinski definition) is 2. The van der Waals surface area contributed by atoms with Gasteiger partial charge in [0.2, 0.25) is 5.95 Å². The van der Waals surface area contributed by atoms with E-state index in [1.807, 2.05) is 0 Å². The van der Waals surface area contributed by atoms with Gasteiger partial charge >= 0.3 is 0 Å². The molecule has 0 atom stereocenters. The molecule has 0 bridgehead atoms. The molecule has 0 unspecified atom stereocenters. The molecule has 1 aliphatic rings. The molecule has 1 aliphatic heterocycles. The zero-order chi connectivity index (χ0) is 12.3. The van der Waals surface area contributed by atoms with Crippen LogP contribution in [-0.4, -0.2) is 41.5 Å². The first-order valence-corrected chi connectivity index (χ1v) is 6.19. The minimum atomic E-state index is 0.696. The van der Waals surface area contributed by atoms with Gasteiger partial charge in [0.15, 0.2) is 0 Å². The lowest BCUT2D eigenvalue weighted by Crippen LogP contribution is -2.29. The summed E-state index contributed by atoms with van der Waals surface area (Å²) in [7, 11) is 2.13. The zero-order valence-electron chi connectivity index (χ0n) is 10.7. The number of aromatic nitrogens is 2. The van der Waals surface area contributed by atoms with Crippen LogP contribution >= 0.6 is 0 Å². The smallest absolute Gasteiger partial charge is 0.223 e. The Morgan fingerprint density at radius 1 is 1.41 bits per heavy atom. The third-order valence-corrected chi connectivity index (χ3v) is 3.12. The average molecular weight is 235 g/mol. The third kappa shape index (κ3) is 2.92. The molecule has 94 valence electrons. The summed E-state index contributed by atoms with van der Waals surface area (Å²) in [5.74, 6) is 0.749. The molecule has 0 saturated carbocycles. The maximum atomic E-state index is 5.46. The first-order chi connectivity index (χ1) is 8.20. The summed E-state index contributed by atoms with van der Waals surface area (Å²) >= 11 is 0. The molecular weight excluding hydrogens is 214 g/mol. The number of hydrogen-bond acceptors (Lipinski definition) is 5. The van der Waals surface area contributed by atoms with Crippen molar-refractivity contribution in [3.8, 4) is 0 Å². The Hall–Kier alpha value is -1.20. The highest BCUT2D eigenvalue weighted by Gasteiger charge is 2.18. The van der Waals surface area contributed by atoms with Crippen LogP contribution in [0, 0.1) is 6.92 Å². The molecule has 1 aromatic rings. The highest BCUT2D eigenvalue weighted by atomic mass is 15.1. The van der Waals surface area contributed by atoms with Crippen molar-refractivity contribution in [3.63, 3.8) is 0 Å². The third-order valence-electron chi connectivity index (χ3n) is 3.12. The molecule has 0 aromatic carbocycles. The van der Waals surface area contributed by atoms with Gasteiger partial charge in [0.25, 0.3) is 0 Å². The SMILES string of the molecule is Cc1nc(NCCCN)nc2c1CN(C)CC2. The Morgan fingerprint density at radius 2 is 2.24 bits per heavy atom. The predicted molar refractivity (Wildman–Crippen MR) is 69.0 cm³/mol. The fourth-order valence-corrected chi connectivity index (χ4v) is 2.09. The molecule has 2 rings (SSSR count). The Labute approximate surface area is 102 Å². The Morgan fingerprint density at radius 3 is 3.00 bits per heavy atom. The highest BCUT2D eigenvalue weighted by molar-refractivity contribution is 5.35. The second-order valence-corrected chi connectivity index (χ2v) is 4.61. The molecule has 5 heteroatoms. The van der Waals surface area contributed by atoms with Crippen LogP contribution in [0.1, 0.15) is 23.4 Å². The van der Waals surface area contributed by atoms with E-state index in [-0.39, 0.29) is 0 Å². The number of aryl methyl sites for hydroxylation is 1. The van der Waals surface area contributed by atoms with E-state index >= 15 is 0 Å². The van der Waals surface area contributed by atoms with Gasteiger partial charge < -0.3 is 16.0 Å². The summed E-state index contributed by atoms with van der Waals surface area (Å²) in [4.78, 5) is 11.4. The molecule has 0 fully saturated rings. The molecule has 0 amide bonds. The zero-order valence-corrected chi connectivity index (χ0v) is 10.7. The summed E-state index contributed by atoms with van der Waals surface area (Å²) < 4.78 is 0. The van der Waals surface area contributed by atoms with Crippen LogP contribution in [0.25, 0.3) is 0 Å². The summed E-state index contributed by atoms with van der Waals surface area (Å²) in [6.07, 6.45) is 1.96. The summed E-state index contributed by atoms with van der Waals surface area (Å²) in [6.45, 7) is 5.64. The topological polar surface area (TPSA) is 67.1 Å². The summed E-state index contributed by atoms with van der Waals surface area (Å²) in [6, 6.07) is 0. The number of nitrogens with two attached hydrogens (primary N) is 1. The first-order valence-electron chi connectivity index (χ1n) is 6.19. The second kappa shape index (κ2) is 5.42. The first kappa shape index (κ1) is 12.3.